The zero-order valence-corrected chi connectivity index (χ0v) is 20.3. The van der Waals surface area contributed by atoms with Crippen LogP contribution >= 0.6 is 12.2 Å². The van der Waals surface area contributed by atoms with E-state index in [9.17, 15) is 13.6 Å². The van der Waals surface area contributed by atoms with Gasteiger partial charge < -0.3 is 24.6 Å². The second kappa shape index (κ2) is 12.3. The number of rotatable bonds is 7. The monoisotopic (exact) mass is 504 g/mol. The Hall–Kier alpha value is -2.66. The highest BCUT2D eigenvalue weighted by molar-refractivity contribution is 7.80. The van der Waals surface area contributed by atoms with Gasteiger partial charge in [0.15, 0.2) is 5.11 Å². The van der Waals surface area contributed by atoms with E-state index in [0.717, 1.165) is 13.1 Å². The number of carbonyl (C=O) groups excluding carboxylic acids is 1. The molecule has 0 bridgehead atoms. The van der Waals surface area contributed by atoms with Crippen LogP contribution in [0.25, 0.3) is 0 Å². The van der Waals surface area contributed by atoms with Crippen molar-refractivity contribution in [3.8, 4) is 0 Å². The SMILES string of the molecule is O=C(c1cccc(F)c1)N(CCN1CCOCC1)C[C@H]1CN(C(=S)Nc2ccc(F)cc2)CCO1. The van der Waals surface area contributed by atoms with Crippen molar-refractivity contribution in [3.63, 3.8) is 0 Å². The number of anilines is 1. The molecule has 2 saturated heterocycles. The maximum Gasteiger partial charge on any atom is 0.254 e. The number of nitrogens with one attached hydrogen (secondary N) is 1. The van der Waals surface area contributed by atoms with Gasteiger partial charge in [-0.2, -0.15) is 0 Å². The normalized spacial score (nSPS) is 18.8. The standard InChI is InChI=1S/C25H30F2N4O3S/c26-20-4-6-22(7-5-20)28-25(35)31-12-15-34-23(18-31)17-30(9-8-29-10-13-33-14-11-29)24(32)19-2-1-3-21(27)16-19/h1-7,16,23H,8-15,17-18H2,(H,28,35)/t23-/m0/s1. The highest BCUT2D eigenvalue weighted by Gasteiger charge is 2.27. The molecule has 2 fully saturated rings. The average Bonchev–Trinajstić information content (AvgIpc) is 2.88. The van der Waals surface area contributed by atoms with Gasteiger partial charge in [0.05, 0.1) is 25.9 Å². The smallest absolute Gasteiger partial charge is 0.254 e. The van der Waals surface area contributed by atoms with Gasteiger partial charge in [0.25, 0.3) is 5.91 Å². The Morgan fingerprint density at radius 2 is 1.83 bits per heavy atom. The zero-order chi connectivity index (χ0) is 24.6. The van der Waals surface area contributed by atoms with Gasteiger partial charge in [-0.1, -0.05) is 6.07 Å². The van der Waals surface area contributed by atoms with Gasteiger partial charge in [0.1, 0.15) is 11.6 Å². The molecule has 2 aliphatic heterocycles. The third-order valence-electron chi connectivity index (χ3n) is 6.09. The summed E-state index contributed by atoms with van der Waals surface area (Å²) < 4.78 is 38.4. The number of thiocarbonyl (C=S) groups is 1. The van der Waals surface area contributed by atoms with Crippen LogP contribution in [0.2, 0.25) is 0 Å². The van der Waals surface area contributed by atoms with E-state index in [-0.39, 0.29) is 17.8 Å². The number of hydrogen-bond donors (Lipinski definition) is 1. The van der Waals surface area contributed by atoms with Gasteiger partial charge in [-0.3, -0.25) is 9.69 Å². The zero-order valence-electron chi connectivity index (χ0n) is 19.5. The van der Waals surface area contributed by atoms with Gasteiger partial charge in [0.2, 0.25) is 0 Å². The summed E-state index contributed by atoms with van der Waals surface area (Å²) in [6.45, 7) is 6.11. The molecule has 0 spiro atoms. The van der Waals surface area contributed by atoms with Crippen molar-refractivity contribution in [3.05, 3.63) is 65.7 Å². The second-order valence-electron chi connectivity index (χ2n) is 8.59. The number of nitrogens with zero attached hydrogens (tertiary/aromatic N) is 3. The van der Waals surface area contributed by atoms with Crippen molar-refractivity contribution in [1.82, 2.24) is 14.7 Å². The van der Waals surface area contributed by atoms with Gasteiger partial charge in [0, 0.05) is 57.1 Å². The van der Waals surface area contributed by atoms with Crippen LogP contribution in [0.4, 0.5) is 14.5 Å². The molecule has 2 aromatic rings. The van der Waals surface area contributed by atoms with Gasteiger partial charge in [-0.15, -0.1) is 0 Å². The fourth-order valence-corrected chi connectivity index (χ4v) is 4.45. The van der Waals surface area contributed by atoms with Crippen molar-refractivity contribution in [2.24, 2.45) is 0 Å². The minimum absolute atomic E-state index is 0.231. The van der Waals surface area contributed by atoms with Crippen LogP contribution in [-0.2, 0) is 9.47 Å². The highest BCUT2D eigenvalue weighted by Crippen LogP contribution is 2.15. The first-order valence-electron chi connectivity index (χ1n) is 11.8. The number of benzene rings is 2. The fraction of sp³-hybridized carbons (Fsp3) is 0.440. The van der Waals surface area contributed by atoms with E-state index in [1.807, 2.05) is 4.90 Å². The van der Waals surface area contributed by atoms with E-state index in [0.29, 0.717) is 68.9 Å². The largest absolute Gasteiger partial charge is 0.379 e. The molecule has 2 aromatic carbocycles. The molecule has 4 rings (SSSR count). The first-order chi connectivity index (χ1) is 17.0. The van der Waals surface area contributed by atoms with Crippen molar-refractivity contribution < 1.29 is 23.0 Å². The first kappa shape index (κ1) is 25.4. The molecule has 0 aromatic heterocycles. The Morgan fingerprint density at radius 1 is 1.06 bits per heavy atom. The van der Waals surface area contributed by atoms with Gasteiger partial charge in [-0.05, 0) is 54.7 Å². The topological polar surface area (TPSA) is 57.3 Å². The molecule has 0 aliphatic carbocycles. The molecular formula is C25H30F2N4O3S. The molecule has 0 radical (unpaired) electrons. The molecule has 2 aliphatic rings. The van der Waals surface area contributed by atoms with E-state index in [2.05, 4.69) is 10.2 Å². The van der Waals surface area contributed by atoms with E-state index >= 15 is 0 Å². The molecule has 1 N–H and O–H groups in total. The summed E-state index contributed by atoms with van der Waals surface area (Å²) in [6, 6.07) is 11.8. The summed E-state index contributed by atoms with van der Waals surface area (Å²) in [5.41, 5.74) is 1.01. The van der Waals surface area contributed by atoms with Crippen molar-refractivity contribution in [2.45, 2.75) is 6.10 Å². The predicted molar refractivity (Wildman–Crippen MR) is 133 cm³/mol. The maximum atomic E-state index is 13.8. The third kappa shape index (κ3) is 7.41. The molecule has 1 atom stereocenters. The molecule has 2 heterocycles. The van der Waals surface area contributed by atoms with E-state index in [1.165, 1.54) is 24.3 Å². The van der Waals surface area contributed by atoms with Gasteiger partial charge in [-0.25, -0.2) is 8.78 Å². The van der Waals surface area contributed by atoms with Crippen LogP contribution < -0.4 is 5.32 Å². The van der Waals surface area contributed by atoms with Crippen LogP contribution in [0, 0.1) is 11.6 Å². The molecule has 188 valence electrons. The predicted octanol–water partition coefficient (Wildman–Crippen LogP) is 2.84. The molecule has 1 amide bonds. The number of morpholine rings is 2. The highest BCUT2D eigenvalue weighted by atomic mass is 32.1. The van der Waals surface area contributed by atoms with Crippen molar-refractivity contribution >= 4 is 28.9 Å². The summed E-state index contributed by atoms with van der Waals surface area (Å²) in [5.74, 6) is -0.986. The Labute approximate surface area is 209 Å². The summed E-state index contributed by atoms with van der Waals surface area (Å²) in [6.07, 6.45) is -0.265. The molecule has 7 nitrogen and oxygen atoms in total. The lowest BCUT2D eigenvalue weighted by Gasteiger charge is -2.37. The van der Waals surface area contributed by atoms with Gasteiger partial charge >= 0.3 is 0 Å². The summed E-state index contributed by atoms with van der Waals surface area (Å²) in [5, 5.41) is 3.65. The van der Waals surface area contributed by atoms with E-state index in [1.54, 1.807) is 29.2 Å². The molecule has 35 heavy (non-hydrogen) atoms. The minimum atomic E-state index is -0.443. The average molecular weight is 505 g/mol. The Balaban J connectivity index is 1.40. The summed E-state index contributed by atoms with van der Waals surface area (Å²) >= 11 is 5.56. The molecule has 10 heteroatoms. The lowest BCUT2D eigenvalue weighted by Crippen LogP contribution is -2.52. The minimum Gasteiger partial charge on any atom is -0.379 e. The Kier molecular flexibility index (Phi) is 8.97. The number of hydrogen-bond acceptors (Lipinski definition) is 5. The van der Waals surface area contributed by atoms with Crippen LogP contribution in [0.1, 0.15) is 10.4 Å². The van der Waals surface area contributed by atoms with Crippen molar-refractivity contribution in [1.29, 1.82) is 0 Å². The van der Waals surface area contributed by atoms with Crippen LogP contribution in [0.5, 0.6) is 0 Å². The van der Waals surface area contributed by atoms with E-state index < -0.39 is 5.82 Å². The molecule has 0 unspecified atom stereocenters. The van der Waals surface area contributed by atoms with E-state index in [4.69, 9.17) is 21.7 Å². The van der Waals surface area contributed by atoms with Crippen LogP contribution in [0.3, 0.4) is 0 Å². The summed E-state index contributed by atoms with van der Waals surface area (Å²) in [4.78, 5) is 19.3. The lowest BCUT2D eigenvalue weighted by atomic mass is 10.1. The third-order valence-corrected chi connectivity index (χ3v) is 6.45. The fourth-order valence-electron chi connectivity index (χ4n) is 4.16. The quantitative estimate of drug-likeness (QED) is 0.582. The molecular weight excluding hydrogens is 474 g/mol. The number of ether oxygens (including phenoxy) is 2. The number of carbonyl (C=O) groups is 1. The van der Waals surface area contributed by atoms with Crippen LogP contribution in [0.15, 0.2) is 48.5 Å². The number of amides is 1. The van der Waals surface area contributed by atoms with Crippen molar-refractivity contribution in [2.75, 3.05) is 71.0 Å². The first-order valence-corrected chi connectivity index (χ1v) is 12.2. The number of halogens is 2. The van der Waals surface area contributed by atoms with Crippen LogP contribution in [-0.4, -0.2) is 97.5 Å². The Bertz CT molecular complexity index is 1000. The second-order valence-corrected chi connectivity index (χ2v) is 8.98. The summed E-state index contributed by atoms with van der Waals surface area (Å²) in [7, 11) is 0. The molecule has 0 saturated carbocycles. The maximum absolute atomic E-state index is 13.8. The lowest BCUT2D eigenvalue weighted by molar-refractivity contribution is -0.0228. The Morgan fingerprint density at radius 3 is 2.57 bits per heavy atom.